The summed E-state index contributed by atoms with van der Waals surface area (Å²) in [5, 5.41) is 13.8. The molecule has 1 N–H and O–H groups in total. The Balaban J connectivity index is 1.25. The van der Waals surface area contributed by atoms with Crippen molar-refractivity contribution in [3.63, 3.8) is 0 Å². The highest BCUT2D eigenvalue weighted by molar-refractivity contribution is 5.85. The molecule has 0 saturated heterocycles. The molecular formula is C33H27FN2O3. The molecule has 2 heterocycles. The van der Waals surface area contributed by atoms with E-state index in [1.54, 1.807) is 13.0 Å². The number of aliphatic carboxylic acids is 1. The number of rotatable bonds is 7. The highest BCUT2D eigenvalue weighted by atomic mass is 19.1. The highest BCUT2D eigenvalue weighted by Gasteiger charge is 2.51. The summed E-state index contributed by atoms with van der Waals surface area (Å²) in [7, 11) is 0. The van der Waals surface area contributed by atoms with E-state index in [-0.39, 0.29) is 5.82 Å². The van der Waals surface area contributed by atoms with Gasteiger partial charge in [0.2, 0.25) is 0 Å². The predicted molar refractivity (Wildman–Crippen MR) is 148 cm³/mol. The molecule has 1 saturated carbocycles. The number of hydrogen-bond acceptors (Lipinski definition) is 4. The van der Waals surface area contributed by atoms with Crippen molar-refractivity contribution < 1.29 is 18.8 Å². The second kappa shape index (κ2) is 9.62. The second-order valence-electron chi connectivity index (χ2n) is 10.2. The van der Waals surface area contributed by atoms with Crippen LogP contribution in [0.15, 0.2) is 89.5 Å². The van der Waals surface area contributed by atoms with E-state index in [9.17, 15) is 14.3 Å². The maximum atomic E-state index is 14.1. The van der Waals surface area contributed by atoms with E-state index in [1.165, 1.54) is 6.07 Å². The standard InChI is InChI=1S/C33H27FN2O3/c1-20-27(6-4-7-29(20)34)30-8-3-5-26(35-30)19-28-21(2)36-39-31(28)24-11-9-22(10-12-24)23-13-15-25(16-14-23)33(17-18-33)32(37)38/h3-16H,17-19H2,1-2H3,(H,37,38). The zero-order valence-corrected chi connectivity index (χ0v) is 21.7. The first-order valence-electron chi connectivity index (χ1n) is 13.0. The van der Waals surface area contributed by atoms with Crippen molar-refractivity contribution in [1.82, 2.24) is 10.1 Å². The molecule has 194 valence electrons. The molecule has 1 fully saturated rings. The summed E-state index contributed by atoms with van der Waals surface area (Å²) in [6, 6.07) is 26.7. The molecule has 2 aromatic heterocycles. The largest absolute Gasteiger partial charge is 0.481 e. The van der Waals surface area contributed by atoms with Gasteiger partial charge in [0.05, 0.1) is 16.8 Å². The third-order valence-corrected chi connectivity index (χ3v) is 7.77. The molecule has 6 rings (SSSR count). The molecule has 5 aromatic rings. The lowest BCUT2D eigenvalue weighted by Gasteiger charge is -2.11. The number of aromatic nitrogens is 2. The highest BCUT2D eigenvalue weighted by Crippen LogP contribution is 2.48. The van der Waals surface area contributed by atoms with Gasteiger partial charge < -0.3 is 9.63 Å². The third-order valence-electron chi connectivity index (χ3n) is 7.77. The minimum Gasteiger partial charge on any atom is -0.481 e. The summed E-state index contributed by atoms with van der Waals surface area (Å²) in [5.41, 5.74) is 7.80. The Morgan fingerprint density at radius 1 is 0.897 bits per heavy atom. The molecule has 0 aliphatic heterocycles. The molecule has 0 unspecified atom stereocenters. The van der Waals surface area contributed by atoms with Gasteiger partial charge in [0, 0.05) is 28.8 Å². The van der Waals surface area contributed by atoms with E-state index in [2.05, 4.69) is 5.16 Å². The Kier molecular flexibility index (Phi) is 6.10. The lowest BCUT2D eigenvalue weighted by atomic mass is 9.93. The molecule has 1 aliphatic carbocycles. The van der Waals surface area contributed by atoms with Gasteiger partial charge in [-0.1, -0.05) is 71.9 Å². The van der Waals surface area contributed by atoms with Gasteiger partial charge in [-0.05, 0) is 67.1 Å². The van der Waals surface area contributed by atoms with Crippen LogP contribution in [-0.2, 0) is 16.6 Å². The Labute approximate surface area is 226 Å². The van der Waals surface area contributed by atoms with Crippen molar-refractivity contribution in [2.45, 2.75) is 38.5 Å². The Hall–Kier alpha value is -4.58. The minimum absolute atomic E-state index is 0.247. The minimum atomic E-state index is -0.747. The van der Waals surface area contributed by atoms with Crippen molar-refractivity contribution in [3.8, 4) is 33.7 Å². The van der Waals surface area contributed by atoms with Crippen LogP contribution in [0.25, 0.3) is 33.7 Å². The fraction of sp³-hybridized carbons (Fsp3) is 0.182. The summed E-state index contributed by atoms with van der Waals surface area (Å²) in [6.45, 7) is 3.68. The number of carbonyl (C=O) groups is 1. The number of benzene rings is 3. The number of carboxylic acids is 1. The van der Waals surface area contributed by atoms with E-state index in [1.807, 2.05) is 79.7 Å². The zero-order chi connectivity index (χ0) is 27.1. The van der Waals surface area contributed by atoms with Crippen LogP contribution in [0.1, 0.15) is 40.9 Å². The van der Waals surface area contributed by atoms with Gasteiger partial charge >= 0.3 is 5.97 Å². The van der Waals surface area contributed by atoms with E-state index in [0.29, 0.717) is 30.6 Å². The lowest BCUT2D eigenvalue weighted by molar-refractivity contribution is -0.140. The van der Waals surface area contributed by atoms with Crippen LogP contribution in [0.3, 0.4) is 0 Å². The van der Waals surface area contributed by atoms with Gasteiger partial charge in [0.1, 0.15) is 5.82 Å². The molecule has 0 bridgehead atoms. The molecular weight excluding hydrogens is 491 g/mol. The van der Waals surface area contributed by atoms with Crippen molar-refractivity contribution >= 4 is 5.97 Å². The van der Waals surface area contributed by atoms with E-state index in [0.717, 1.165) is 50.5 Å². The zero-order valence-electron chi connectivity index (χ0n) is 21.7. The maximum absolute atomic E-state index is 14.1. The van der Waals surface area contributed by atoms with Crippen LogP contribution in [0.5, 0.6) is 0 Å². The number of hydrogen-bond donors (Lipinski definition) is 1. The van der Waals surface area contributed by atoms with Gasteiger partial charge in [-0.25, -0.2) is 4.39 Å². The summed E-state index contributed by atoms with van der Waals surface area (Å²) in [4.78, 5) is 16.4. The molecule has 5 nitrogen and oxygen atoms in total. The summed E-state index contributed by atoms with van der Waals surface area (Å²) in [6.07, 6.45) is 1.92. The number of nitrogens with zero attached hydrogens (tertiary/aromatic N) is 2. The normalized spacial score (nSPS) is 13.8. The van der Waals surface area contributed by atoms with Crippen molar-refractivity contribution in [1.29, 1.82) is 0 Å². The first kappa shape index (κ1) is 24.7. The number of pyridine rings is 1. The van der Waals surface area contributed by atoms with Gasteiger partial charge in [-0.2, -0.15) is 0 Å². The van der Waals surface area contributed by atoms with E-state index >= 15 is 0 Å². The molecule has 39 heavy (non-hydrogen) atoms. The first-order chi connectivity index (χ1) is 18.9. The van der Waals surface area contributed by atoms with Crippen LogP contribution in [0, 0.1) is 19.7 Å². The van der Waals surface area contributed by atoms with Crippen LogP contribution in [0.2, 0.25) is 0 Å². The third kappa shape index (κ3) is 4.52. The van der Waals surface area contributed by atoms with Gasteiger partial charge in [0.15, 0.2) is 5.76 Å². The average molecular weight is 519 g/mol. The quantitative estimate of drug-likeness (QED) is 0.241. The maximum Gasteiger partial charge on any atom is 0.314 e. The van der Waals surface area contributed by atoms with Gasteiger partial charge in [-0.3, -0.25) is 9.78 Å². The SMILES string of the molecule is Cc1noc(-c2ccc(-c3ccc(C4(C(=O)O)CC4)cc3)cc2)c1Cc1cccc(-c2cccc(F)c2C)n1. The molecule has 1 aliphatic rings. The Morgan fingerprint density at radius 3 is 2.21 bits per heavy atom. The fourth-order valence-electron chi connectivity index (χ4n) is 5.16. The van der Waals surface area contributed by atoms with Crippen LogP contribution >= 0.6 is 0 Å². The molecule has 0 radical (unpaired) electrons. The fourth-order valence-corrected chi connectivity index (χ4v) is 5.16. The van der Waals surface area contributed by atoms with E-state index in [4.69, 9.17) is 9.51 Å². The van der Waals surface area contributed by atoms with Crippen LogP contribution in [0.4, 0.5) is 4.39 Å². The average Bonchev–Trinajstić information content (AvgIpc) is 3.70. The van der Waals surface area contributed by atoms with Gasteiger partial charge in [0.25, 0.3) is 0 Å². The predicted octanol–water partition coefficient (Wildman–Crippen LogP) is 7.53. The Bertz CT molecular complexity index is 1680. The molecule has 6 heteroatoms. The first-order valence-corrected chi connectivity index (χ1v) is 13.0. The van der Waals surface area contributed by atoms with Crippen LogP contribution in [-0.4, -0.2) is 21.2 Å². The lowest BCUT2D eigenvalue weighted by Crippen LogP contribution is -2.19. The van der Waals surface area contributed by atoms with E-state index < -0.39 is 11.4 Å². The smallest absolute Gasteiger partial charge is 0.314 e. The second-order valence-corrected chi connectivity index (χ2v) is 10.2. The Morgan fingerprint density at radius 2 is 1.54 bits per heavy atom. The number of halogens is 1. The van der Waals surface area contributed by atoms with Gasteiger partial charge in [-0.15, -0.1) is 0 Å². The monoisotopic (exact) mass is 518 g/mol. The van der Waals surface area contributed by atoms with Crippen molar-refractivity contribution in [2.75, 3.05) is 0 Å². The summed E-state index contributed by atoms with van der Waals surface area (Å²) >= 11 is 0. The number of carboxylic acid groups (broad SMARTS) is 1. The van der Waals surface area contributed by atoms with Crippen LogP contribution < -0.4 is 0 Å². The number of aryl methyl sites for hydroxylation is 1. The topological polar surface area (TPSA) is 76.2 Å². The van der Waals surface area contributed by atoms with Crippen molar-refractivity contribution in [3.05, 3.63) is 119 Å². The molecule has 0 spiro atoms. The molecule has 0 amide bonds. The summed E-state index contributed by atoms with van der Waals surface area (Å²) in [5.74, 6) is -0.298. The van der Waals surface area contributed by atoms with Crippen molar-refractivity contribution in [2.24, 2.45) is 0 Å². The molecule has 0 atom stereocenters. The summed E-state index contributed by atoms with van der Waals surface area (Å²) < 4.78 is 19.9. The molecule has 3 aromatic carbocycles.